The van der Waals surface area contributed by atoms with Gasteiger partial charge in [0.15, 0.2) is 6.10 Å². The average molecular weight is 416 g/mol. The van der Waals surface area contributed by atoms with E-state index >= 15 is 0 Å². The van der Waals surface area contributed by atoms with Crippen molar-refractivity contribution in [2.75, 3.05) is 14.2 Å². The third-order valence-corrected chi connectivity index (χ3v) is 4.61. The van der Waals surface area contributed by atoms with Crippen molar-refractivity contribution in [3.8, 4) is 22.9 Å². The molecule has 0 fully saturated rings. The lowest BCUT2D eigenvalue weighted by Gasteiger charge is -2.23. The Morgan fingerprint density at radius 3 is 2.76 bits per heavy atom. The molecule has 0 aliphatic rings. The number of aromatic nitrogens is 2. The van der Waals surface area contributed by atoms with Gasteiger partial charge in [0, 0.05) is 12.6 Å². The van der Waals surface area contributed by atoms with E-state index < -0.39 is 6.10 Å². The highest BCUT2D eigenvalue weighted by atomic mass is 35.5. The van der Waals surface area contributed by atoms with Gasteiger partial charge in [-0.05, 0) is 30.7 Å². The topological polar surface area (TPSA) is 77.7 Å². The summed E-state index contributed by atoms with van der Waals surface area (Å²) in [5.74, 6) is 1.73. The van der Waals surface area contributed by atoms with Crippen LogP contribution in [0.15, 0.2) is 53.1 Å². The van der Waals surface area contributed by atoms with Gasteiger partial charge in [-0.3, -0.25) is 4.79 Å². The molecule has 0 aliphatic carbocycles. The first-order valence-electron chi connectivity index (χ1n) is 9.15. The van der Waals surface area contributed by atoms with E-state index in [1.165, 1.54) is 4.90 Å². The van der Waals surface area contributed by atoms with E-state index in [0.29, 0.717) is 34.7 Å². The molecule has 3 rings (SSSR count). The molecule has 0 bridgehead atoms. The molecule has 1 heterocycles. The number of para-hydroxylation sites is 1. The second-order valence-corrected chi connectivity index (χ2v) is 6.79. The SMILES string of the molecule is CCC(Oc1ccccc1Cl)C(=O)N(C)Cc1nc(-c2cccc(OC)c2)no1. The van der Waals surface area contributed by atoms with Gasteiger partial charge in [0.1, 0.15) is 11.5 Å². The Morgan fingerprint density at radius 1 is 1.24 bits per heavy atom. The summed E-state index contributed by atoms with van der Waals surface area (Å²) < 4.78 is 16.3. The molecule has 0 aliphatic heterocycles. The fourth-order valence-electron chi connectivity index (χ4n) is 2.73. The number of ether oxygens (including phenoxy) is 2. The molecule has 1 atom stereocenters. The summed E-state index contributed by atoms with van der Waals surface area (Å²) in [6.07, 6.45) is -0.173. The Labute approximate surface area is 174 Å². The number of halogens is 1. The number of rotatable bonds is 8. The van der Waals surface area contributed by atoms with Gasteiger partial charge in [0.25, 0.3) is 5.91 Å². The van der Waals surface area contributed by atoms with Crippen LogP contribution in [0, 0.1) is 0 Å². The quantitative estimate of drug-likeness (QED) is 0.548. The van der Waals surface area contributed by atoms with Crippen LogP contribution in [0.5, 0.6) is 11.5 Å². The van der Waals surface area contributed by atoms with E-state index in [1.54, 1.807) is 38.4 Å². The predicted molar refractivity (Wildman–Crippen MR) is 109 cm³/mol. The Morgan fingerprint density at radius 2 is 2.03 bits per heavy atom. The molecule has 7 nitrogen and oxygen atoms in total. The first kappa shape index (κ1) is 20.7. The zero-order chi connectivity index (χ0) is 20.8. The highest BCUT2D eigenvalue weighted by molar-refractivity contribution is 6.32. The van der Waals surface area contributed by atoms with Gasteiger partial charge < -0.3 is 18.9 Å². The van der Waals surface area contributed by atoms with Crippen molar-refractivity contribution in [2.24, 2.45) is 0 Å². The average Bonchev–Trinajstić information content (AvgIpc) is 3.21. The molecule has 1 amide bonds. The van der Waals surface area contributed by atoms with Crippen LogP contribution in [0.1, 0.15) is 19.2 Å². The highest BCUT2D eigenvalue weighted by Gasteiger charge is 2.24. The van der Waals surface area contributed by atoms with E-state index in [9.17, 15) is 4.79 Å². The minimum absolute atomic E-state index is 0.165. The van der Waals surface area contributed by atoms with Gasteiger partial charge >= 0.3 is 0 Å². The molecule has 0 saturated heterocycles. The minimum atomic E-state index is -0.666. The number of nitrogens with zero attached hydrogens (tertiary/aromatic N) is 3. The van der Waals surface area contributed by atoms with E-state index in [4.69, 9.17) is 25.6 Å². The molecule has 0 radical (unpaired) electrons. The van der Waals surface area contributed by atoms with E-state index in [0.717, 1.165) is 5.56 Å². The number of likely N-dealkylation sites (N-methyl/N-ethyl adjacent to an activating group) is 1. The molecule has 0 N–H and O–H groups in total. The van der Waals surface area contributed by atoms with Gasteiger partial charge in [0.2, 0.25) is 11.7 Å². The van der Waals surface area contributed by atoms with Crippen LogP contribution in [-0.4, -0.2) is 41.2 Å². The van der Waals surface area contributed by atoms with Crippen molar-refractivity contribution in [1.29, 1.82) is 0 Å². The van der Waals surface area contributed by atoms with Crippen LogP contribution in [0.2, 0.25) is 5.02 Å². The van der Waals surface area contributed by atoms with Crippen molar-refractivity contribution in [1.82, 2.24) is 15.0 Å². The number of carbonyl (C=O) groups excluding carboxylic acids is 1. The van der Waals surface area contributed by atoms with Crippen molar-refractivity contribution < 1.29 is 18.8 Å². The Hall–Kier alpha value is -3.06. The summed E-state index contributed by atoms with van der Waals surface area (Å²) in [6, 6.07) is 14.4. The molecule has 8 heteroatoms. The van der Waals surface area contributed by atoms with Crippen LogP contribution in [0.4, 0.5) is 0 Å². The molecular weight excluding hydrogens is 394 g/mol. The maximum atomic E-state index is 12.8. The van der Waals surface area contributed by atoms with Crippen molar-refractivity contribution in [3.63, 3.8) is 0 Å². The number of hydrogen-bond acceptors (Lipinski definition) is 6. The van der Waals surface area contributed by atoms with Crippen LogP contribution < -0.4 is 9.47 Å². The second kappa shape index (κ2) is 9.43. The van der Waals surface area contributed by atoms with E-state index in [1.807, 2.05) is 31.2 Å². The number of hydrogen-bond donors (Lipinski definition) is 0. The van der Waals surface area contributed by atoms with E-state index in [-0.39, 0.29) is 12.5 Å². The number of methoxy groups -OCH3 is 1. The Balaban J connectivity index is 1.67. The van der Waals surface area contributed by atoms with Gasteiger partial charge in [-0.1, -0.05) is 47.9 Å². The molecule has 1 unspecified atom stereocenters. The summed E-state index contributed by atoms with van der Waals surface area (Å²) in [5.41, 5.74) is 0.766. The van der Waals surface area contributed by atoms with Crippen LogP contribution >= 0.6 is 11.6 Å². The standard InChI is InChI=1S/C21H22ClN3O4/c1-4-17(28-18-11-6-5-10-16(18)22)21(26)25(2)13-19-23-20(24-29-19)14-8-7-9-15(12-14)27-3/h5-12,17H,4,13H2,1-3H3. The maximum Gasteiger partial charge on any atom is 0.263 e. The zero-order valence-electron chi connectivity index (χ0n) is 16.5. The summed E-state index contributed by atoms with van der Waals surface area (Å²) in [6.45, 7) is 2.04. The van der Waals surface area contributed by atoms with Crippen molar-refractivity contribution >= 4 is 17.5 Å². The first-order chi connectivity index (χ1) is 14.0. The van der Waals surface area contributed by atoms with Crippen LogP contribution in [0.3, 0.4) is 0 Å². The molecule has 29 heavy (non-hydrogen) atoms. The Bertz CT molecular complexity index is 976. The number of amides is 1. The molecule has 0 spiro atoms. The number of benzene rings is 2. The lowest BCUT2D eigenvalue weighted by molar-refractivity contribution is -0.138. The lowest BCUT2D eigenvalue weighted by Crippen LogP contribution is -2.39. The van der Waals surface area contributed by atoms with Crippen molar-refractivity contribution in [2.45, 2.75) is 26.0 Å². The third kappa shape index (κ3) is 5.06. The first-order valence-corrected chi connectivity index (χ1v) is 9.52. The zero-order valence-corrected chi connectivity index (χ0v) is 17.2. The maximum absolute atomic E-state index is 12.8. The van der Waals surface area contributed by atoms with Crippen LogP contribution in [-0.2, 0) is 11.3 Å². The van der Waals surface area contributed by atoms with Gasteiger partial charge in [-0.2, -0.15) is 4.98 Å². The fraction of sp³-hybridized carbons (Fsp3) is 0.286. The van der Waals surface area contributed by atoms with Gasteiger partial charge in [0.05, 0.1) is 18.7 Å². The summed E-state index contributed by atoms with van der Waals surface area (Å²) >= 11 is 6.13. The van der Waals surface area contributed by atoms with Crippen LogP contribution in [0.25, 0.3) is 11.4 Å². The molecule has 2 aromatic carbocycles. The summed E-state index contributed by atoms with van der Waals surface area (Å²) in [5, 5.41) is 4.45. The third-order valence-electron chi connectivity index (χ3n) is 4.30. The molecular formula is C21H22ClN3O4. The smallest absolute Gasteiger partial charge is 0.263 e. The summed E-state index contributed by atoms with van der Waals surface area (Å²) in [7, 11) is 3.26. The van der Waals surface area contributed by atoms with Gasteiger partial charge in [-0.15, -0.1) is 0 Å². The minimum Gasteiger partial charge on any atom is -0.497 e. The molecule has 3 aromatic rings. The van der Waals surface area contributed by atoms with E-state index in [2.05, 4.69) is 10.1 Å². The Kier molecular flexibility index (Phi) is 6.72. The largest absolute Gasteiger partial charge is 0.497 e. The van der Waals surface area contributed by atoms with Crippen molar-refractivity contribution in [3.05, 3.63) is 59.4 Å². The monoisotopic (exact) mass is 415 g/mol. The fourth-order valence-corrected chi connectivity index (χ4v) is 2.91. The number of carbonyl (C=O) groups is 1. The van der Waals surface area contributed by atoms with Gasteiger partial charge in [-0.25, -0.2) is 0 Å². The lowest BCUT2D eigenvalue weighted by atomic mass is 10.2. The normalized spacial score (nSPS) is 11.7. The molecule has 1 aromatic heterocycles. The summed E-state index contributed by atoms with van der Waals surface area (Å²) in [4.78, 5) is 18.7. The predicted octanol–water partition coefficient (Wildman–Crippen LogP) is 4.21. The molecule has 0 saturated carbocycles. The second-order valence-electron chi connectivity index (χ2n) is 6.38. The highest BCUT2D eigenvalue weighted by Crippen LogP contribution is 2.25. The molecule has 152 valence electrons.